The van der Waals surface area contributed by atoms with Gasteiger partial charge >= 0.3 is 0 Å². The van der Waals surface area contributed by atoms with Crippen LogP contribution in [0.5, 0.6) is 5.75 Å². The molecule has 0 aromatic heterocycles. The number of benzene rings is 2. The molecule has 0 bridgehead atoms. The maximum Gasteiger partial charge on any atom is 0.120 e. The third-order valence-corrected chi connectivity index (χ3v) is 3.94. The fourth-order valence-corrected chi connectivity index (χ4v) is 2.56. The molecule has 0 aliphatic rings. The summed E-state index contributed by atoms with van der Waals surface area (Å²) in [5.74, 6) is 1.65. The van der Waals surface area contributed by atoms with E-state index in [4.69, 9.17) is 22.1 Å². The van der Waals surface area contributed by atoms with Gasteiger partial charge in [-0.15, -0.1) is 11.8 Å². The summed E-state index contributed by atoms with van der Waals surface area (Å²) in [6.45, 7) is 0. The minimum atomic E-state index is 0.744. The minimum absolute atomic E-state index is 0.744. The van der Waals surface area contributed by atoms with Crippen molar-refractivity contribution in [3.63, 3.8) is 0 Å². The molecule has 0 amide bonds. The van der Waals surface area contributed by atoms with Crippen LogP contribution >= 0.6 is 23.4 Å². The van der Waals surface area contributed by atoms with Gasteiger partial charge in [-0.25, -0.2) is 0 Å². The van der Waals surface area contributed by atoms with Gasteiger partial charge < -0.3 is 10.5 Å². The molecule has 2 rings (SSSR count). The highest BCUT2D eigenvalue weighted by molar-refractivity contribution is 7.98. The van der Waals surface area contributed by atoms with Crippen molar-refractivity contribution in [2.75, 3.05) is 12.8 Å². The number of methoxy groups -OCH3 is 1. The zero-order valence-corrected chi connectivity index (χ0v) is 11.6. The molecular formula is C14H14ClNOS. The van der Waals surface area contributed by atoms with Gasteiger partial charge in [-0.2, -0.15) is 0 Å². The van der Waals surface area contributed by atoms with Gasteiger partial charge in [0.25, 0.3) is 0 Å². The van der Waals surface area contributed by atoms with E-state index in [1.54, 1.807) is 18.9 Å². The molecule has 0 aliphatic heterocycles. The maximum absolute atomic E-state index is 5.96. The molecule has 0 heterocycles. The first-order valence-corrected chi connectivity index (χ1v) is 6.86. The van der Waals surface area contributed by atoms with Crippen LogP contribution in [0.4, 0.5) is 5.69 Å². The van der Waals surface area contributed by atoms with Gasteiger partial charge in [0.2, 0.25) is 0 Å². The van der Waals surface area contributed by atoms with Crippen LogP contribution in [0.3, 0.4) is 0 Å². The standard InChI is InChI=1S/C14H14ClNOS/c1-17-12-6-7-14(13(16)8-12)18-9-10-2-4-11(15)5-3-10/h2-8H,9,16H2,1H3. The summed E-state index contributed by atoms with van der Waals surface area (Å²) in [4.78, 5) is 1.06. The van der Waals surface area contributed by atoms with Gasteiger partial charge in [0.1, 0.15) is 5.75 Å². The van der Waals surface area contributed by atoms with E-state index in [1.165, 1.54) is 5.56 Å². The van der Waals surface area contributed by atoms with Crippen molar-refractivity contribution in [3.8, 4) is 5.75 Å². The quantitative estimate of drug-likeness (QED) is 0.672. The second kappa shape index (κ2) is 6.03. The van der Waals surface area contributed by atoms with E-state index in [-0.39, 0.29) is 0 Å². The number of hydrogen-bond donors (Lipinski definition) is 1. The molecule has 0 unspecified atom stereocenters. The highest BCUT2D eigenvalue weighted by Gasteiger charge is 2.02. The summed E-state index contributed by atoms with van der Waals surface area (Å²) in [6, 6.07) is 13.6. The molecule has 0 fully saturated rings. The van der Waals surface area contributed by atoms with Gasteiger partial charge in [0, 0.05) is 27.4 Å². The zero-order chi connectivity index (χ0) is 13.0. The lowest BCUT2D eigenvalue weighted by atomic mass is 10.2. The summed E-state index contributed by atoms with van der Waals surface area (Å²) in [7, 11) is 1.63. The van der Waals surface area contributed by atoms with Crippen molar-refractivity contribution in [2.45, 2.75) is 10.6 Å². The molecule has 4 heteroatoms. The molecule has 0 saturated carbocycles. The van der Waals surface area contributed by atoms with Gasteiger partial charge in [-0.1, -0.05) is 23.7 Å². The largest absolute Gasteiger partial charge is 0.497 e. The van der Waals surface area contributed by atoms with Gasteiger partial charge in [-0.3, -0.25) is 0 Å². The highest BCUT2D eigenvalue weighted by Crippen LogP contribution is 2.31. The first-order chi connectivity index (χ1) is 8.69. The number of rotatable bonds is 4. The number of thioether (sulfide) groups is 1. The lowest BCUT2D eigenvalue weighted by Gasteiger charge is -2.07. The fraction of sp³-hybridized carbons (Fsp3) is 0.143. The average molecular weight is 280 g/mol. The smallest absolute Gasteiger partial charge is 0.120 e. The Morgan fingerprint density at radius 2 is 1.89 bits per heavy atom. The van der Waals surface area contributed by atoms with Crippen LogP contribution in [0.1, 0.15) is 5.56 Å². The Hall–Kier alpha value is -1.32. The van der Waals surface area contributed by atoms with E-state index in [0.717, 1.165) is 27.1 Å². The molecule has 2 aromatic rings. The van der Waals surface area contributed by atoms with Crippen LogP contribution in [0.25, 0.3) is 0 Å². The fourth-order valence-electron chi connectivity index (χ4n) is 1.53. The van der Waals surface area contributed by atoms with Crippen LogP contribution in [0.15, 0.2) is 47.4 Å². The minimum Gasteiger partial charge on any atom is -0.497 e. The summed E-state index contributed by atoms with van der Waals surface area (Å²) in [5, 5.41) is 0.757. The molecule has 0 aliphatic carbocycles. The van der Waals surface area contributed by atoms with E-state index in [1.807, 2.05) is 42.5 Å². The zero-order valence-electron chi connectivity index (χ0n) is 10.0. The van der Waals surface area contributed by atoms with Gasteiger partial charge in [0.15, 0.2) is 0 Å². The highest BCUT2D eigenvalue weighted by atomic mass is 35.5. The van der Waals surface area contributed by atoms with E-state index in [0.29, 0.717) is 0 Å². The van der Waals surface area contributed by atoms with Crippen LogP contribution < -0.4 is 10.5 Å². The number of nitrogen functional groups attached to an aromatic ring is 1. The normalized spacial score (nSPS) is 10.3. The SMILES string of the molecule is COc1ccc(SCc2ccc(Cl)cc2)c(N)c1. The van der Waals surface area contributed by atoms with E-state index in [9.17, 15) is 0 Å². The third kappa shape index (κ3) is 3.34. The van der Waals surface area contributed by atoms with Gasteiger partial charge in [0.05, 0.1) is 7.11 Å². The Balaban J connectivity index is 2.04. The number of halogens is 1. The number of nitrogens with two attached hydrogens (primary N) is 1. The summed E-state index contributed by atoms with van der Waals surface area (Å²) in [6.07, 6.45) is 0. The predicted octanol–water partition coefficient (Wildman–Crippen LogP) is 4.22. The van der Waals surface area contributed by atoms with Gasteiger partial charge in [-0.05, 0) is 29.8 Å². The van der Waals surface area contributed by atoms with Crippen molar-refractivity contribution >= 4 is 29.1 Å². The Morgan fingerprint density at radius 1 is 1.17 bits per heavy atom. The molecule has 2 nitrogen and oxygen atoms in total. The Kier molecular flexibility index (Phi) is 4.39. The summed E-state index contributed by atoms with van der Waals surface area (Å²) in [5.41, 5.74) is 7.93. The second-order valence-electron chi connectivity index (χ2n) is 3.82. The monoisotopic (exact) mass is 279 g/mol. The van der Waals surface area contributed by atoms with Crippen LogP contribution in [0, 0.1) is 0 Å². The summed E-state index contributed by atoms with van der Waals surface area (Å²) < 4.78 is 5.12. The Morgan fingerprint density at radius 3 is 2.50 bits per heavy atom. The third-order valence-electron chi connectivity index (χ3n) is 2.52. The first kappa shape index (κ1) is 13.1. The van der Waals surface area contributed by atoms with E-state index in [2.05, 4.69) is 0 Å². The second-order valence-corrected chi connectivity index (χ2v) is 5.27. The number of hydrogen-bond acceptors (Lipinski definition) is 3. The van der Waals surface area contributed by atoms with Crippen LogP contribution in [-0.2, 0) is 5.75 Å². The van der Waals surface area contributed by atoms with Crippen molar-refractivity contribution < 1.29 is 4.74 Å². The molecular weight excluding hydrogens is 266 g/mol. The average Bonchev–Trinajstić information content (AvgIpc) is 2.39. The van der Waals surface area contributed by atoms with Crippen molar-refractivity contribution in [2.24, 2.45) is 0 Å². The molecule has 0 radical (unpaired) electrons. The molecule has 0 spiro atoms. The lowest BCUT2D eigenvalue weighted by molar-refractivity contribution is 0.415. The molecule has 0 saturated heterocycles. The topological polar surface area (TPSA) is 35.2 Å². The van der Waals surface area contributed by atoms with E-state index >= 15 is 0 Å². The number of ether oxygens (including phenoxy) is 1. The predicted molar refractivity (Wildman–Crippen MR) is 78.4 cm³/mol. The number of anilines is 1. The maximum atomic E-state index is 5.96. The first-order valence-electron chi connectivity index (χ1n) is 5.50. The van der Waals surface area contributed by atoms with Crippen molar-refractivity contribution in [1.29, 1.82) is 0 Å². The molecule has 94 valence electrons. The van der Waals surface area contributed by atoms with Crippen molar-refractivity contribution in [1.82, 2.24) is 0 Å². The van der Waals surface area contributed by atoms with Crippen LogP contribution in [0.2, 0.25) is 5.02 Å². The van der Waals surface area contributed by atoms with E-state index < -0.39 is 0 Å². The van der Waals surface area contributed by atoms with Crippen LogP contribution in [-0.4, -0.2) is 7.11 Å². The molecule has 18 heavy (non-hydrogen) atoms. The molecule has 2 N–H and O–H groups in total. The molecule has 2 aromatic carbocycles. The Bertz CT molecular complexity index is 528. The molecule has 0 atom stereocenters. The van der Waals surface area contributed by atoms with Crippen molar-refractivity contribution in [3.05, 3.63) is 53.1 Å². The lowest BCUT2D eigenvalue weighted by Crippen LogP contribution is -1.91. The Labute approximate surface area is 116 Å². The summed E-state index contributed by atoms with van der Waals surface area (Å²) >= 11 is 7.55.